The van der Waals surface area contributed by atoms with Crippen molar-refractivity contribution < 1.29 is 9.59 Å². The fourth-order valence-corrected chi connectivity index (χ4v) is 3.86. The molecule has 2 aliphatic heterocycles. The van der Waals surface area contributed by atoms with E-state index in [1.165, 1.54) is 0 Å². The predicted molar refractivity (Wildman–Crippen MR) is 78.1 cm³/mol. The van der Waals surface area contributed by atoms with E-state index >= 15 is 0 Å². The molecule has 1 saturated carbocycles. The van der Waals surface area contributed by atoms with Crippen LogP contribution in [0.3, 0.4) is 0 Å². The Kier molecular flexibility index (Phi) is 2.52. The highest BCUT2D eigenvalue weighted by Gasteiger charge is 2.56. The van der Waals surface area contributed by atoms with Crippen molar-refractivity contribution in [1.29, 1.82) is 0 Å². The molecule has 5 heteroatoms. The van der Waals surface area contributed by atoms with Crippen LogP contribution < -0.4 is 5.32 Å². The molecule has 4 nitrogen and oxygen atoms in total. The average molecular weight is 335 g/mol. The van der Waals surface area contributed by atoms with Crippen molar-refractivity contribution in [2.45, 2.75) is 31.2 Å². The maximum atomic E-state index is 12.6. The quantitative estimate of drug-likeness (QED) is 0.858. The number of hydrogen-bond acceptors (Lipinski definition) is 2. The van der Waals surface area contributed by atoms with Crippen LogP contribution in [0.5, 0.6) is 0 Å². The number of fused-ring (bicyclic) bond motifs is 2. The number of nitrogens with one attached hydrogen (secondary N) is 1. The third-order valence-electron chi connectivity index (χ3n) is 4.62. The monoisotopic (exact) mass is 334 g/mol. The van der Waals surface area contributed by atoms with Gasteiger partial charge in [0.2, 0.25) is 5.91 Å². The van der Waals surface area contributed by atoms with E-state index in [-0.39, 0.29) is 17.7 Å². The molecule has 104 valence electrons. The van der Waals surface area contributed by atoms with E-state index in [4.69, 9.17) is 0 Å². The van der Waals surface area contributed by atoms with E-state index < -0.39 is 5.54 Å². The van der Waals surface area contributed by atoms with Gasteiger partial charge in [-0.2, -0.15) is 0 Å². The van der Waals surface area contributed by atoms with Gasteiger partial charge in [-0.25, -0.2) is 0 Å². The summed E-state index contributed by atoms with van der Waals surface area (Å²) in [4.78, 5) is 27.0. The molecule has 1 unspecified atom stereocenters. The van der Waals surface area contributed by atoms with Crippen molar-refractivity contribution in [3.05, 3.63) is 28.2 Å². The highest BCUT2D eigenvalue weighted by atomic mass is 79.9. The van der Waals surface area contributed by atoms with Crippen molar-refractivity contribution in [2.24, 2.45) is 5.92 Å². The van der Waals surface area contributed by atoms with Crippen LogP contribution in [0.2, 0.25) is 0 Å². The number of likely N-dealkylation sites (tertiary alicyclic amines) is 1. The normalized spacial score (nSPS) is 27.9. The van der Waals surface area contributed by atoms with Crippen molar-refractivity contribution in [3.8, 4) is 0 Å². The zero-order valence-electron chi connectivity index (χ0n) is 11.0. The second-order valence-electron chi connectivity index (χ2n) is 5.87. The van der Waals surface area contributed by atoms with Crippen LogP contribution in [0.1, 0.15) is 31.2 Å². The highest BCUT2D eigenvalue weighted by Crippen LogP contribution is 2.49. The van der Waals surface area contributed by atoms with Crippen LogP contribution in [0, 0.1) is 5.92 Å². The number of nitrogens with zero attached hydrogens (tertiary/aromatic N) is 1. The molecular formula is C15H15BrN2O2. The number of anilines is 1. The van der Waals surface area contributed by atoms with Gasteiger partial charge in [-0.3, -0.25) is 9.59 Å². The lowest BCUT2D eigenvalue weighted by Crippen LogP contribution is -2.50. The zero-order chi connectivity index (χ0) is 13.9. The van der Waals surface area contributed by atoms with Crippen LogP contribution in [-0.4, -0.2) is 23.3 Å². The molecule has 1 aliphatic carbocycles. The first-order valence-electron chi connectivity index (χ1n) is 7.06. The minimum absolute atomic E-state index is 0.0444. The maximum Gasteiger partial charge on any atom is 0.255 e. The van der Waals surface area contributed by atoms with Crippen molar-refractivity contribution in [3.63, 3.8) is 0 Å². The highest BCUT2D eigenvalue weighted by molar-refractivity contribution is 9.10. The summed E-state index contributed by atoms with van der Waals surface area (Å²) in [5.41, 5.74) is 1.02. The molecular weight excluding hydrogens is 320 g/mol. The van der Waals surface area contributed by atoms with Gasteiger partial charge in [0.25, 0.3) is 5.91 Å². The molecule has 3 aliphatic rings. The lowest BCUT2D eigenvalue weighted by molar-refractivity contribution is -0.143. The number of benzene rings is 1. The summed E-state index contributed by atoms with van der Waals surface area (Å²) in [5, 5.41) is 2.95. The van der Waals surface area contributed by atoms with Crippen LogP contribution in [0.4, 0.5) is 5.69 Å². The minimum Gasteiger partial charge on any atom is -0.324 e. The van der Waals surface area contributed by atoms with Gasteiger partial charge in [-0.05, 0) is 43.9 Å². The van der Waals surface area contributed by atoms with E-state index in [0.29, 0.717) is 6.54 Å². The first-order valence-corrected chi connectivity index (χ1v) is 7.85. The second kappa shape index (κ2) is 4.07. The fourth-order valence-electron chi connectivity index (χ4n) is 3.50. The fraction of sp³-hybridized carbons (Fsp3) is 0.467. The predicted octanol–water partition coefficient (Wildman–Crippen LogP) is 2.63. The smallest absolute Gasteiger partial charge is 0.255 e. The number of hydrogen-bond donors (Lipinski definition) is 1. The molecule has 2 fully saturated rings. The number of rotatable bonds is 1. The number of carbonyl (C=O) groups is 2. The van der Waals surface area contributed by atoms with Crippen LogP contribution >= 0.6 is 15.9 Å². The molecule has 1 atom stereocenters. The number of halogens is 1. The molecule has 4 rings (SSSR count). The van der Waals surface area contributed by atoms with Crippen molar-refractivity contribution in [1.82, 2.24) is 4.90 Å². The topological polar surface area (TPSA) is 49.4 Å². The van der Waals surface area contributed by atoms with Crippen LogP contribution in [0.15, 0.2) is 22.7 Å². The Morgan fingerprint density at radius 1 is 1.40 bits per heavy atom. The number of amides is 2. The molecule has 1 aromatic rings. The standard InChI is InChI=1S/C15H15BrN2O2/c16-10-4-5-12-11(8-10)15(14(20)17-12)6-1-7-18(15)13(19)9-2-3-9/h4-5,8-9H,1-3,6-7H2,(H,17,20). The van der Waals surface area contributed by atoms with Crippen LogP contribution in [-0.2, 0) is 15.1 Å². The maximum absolute atomic E-state index is 12.6. The second-order valence-corrected chi connectivity index (χ2v) is 6.79. The van der Waals surface area contributed by atoms with Gasteiger partial charge < -0.3 is 10.2 Å². The van der Waals surface area contributed by atoms with Gasteiger partial charge in [0.05, 0.1) is 0 Å². The Bertz CT molecular complexity index is 626. The first kappa shape index (κ1) is 12.4. The molecule has 0 radical (unpaired) electrons. The largest absolute Gasteiger partial charge is 0.324 e. The van der Waals surface area contributed by atoms with Gasteiger partial charge in [-0.15, -0.1) is 0 Å². The minimum atomic E-state index is -0.765. The summed E-state index contributed by atoms with van der Waals surface area (Å²) in [6.45, 7) is 0.689. The first-order chi connectivity index (χ1) is 9.63. The molecule has 0 bridgehead atoms. The summed E-state index contributed by atoms with van der Waals surface area (Å²) in [6, 6.07) is 5.80. The van der Waals surface area contributed by atoms with Crippen molar-refractivity contribution >= 4 is 33.4 Å². The molecule has 20 heavy (non-hydrogen) atoms. The lowest BCUT2D eigenvalue weighted by Gasteiger charge is -2.33. The molecule has 1 aromatic carbocycles. The van der Waals surface area contributed by atoms with E-state index in [1.54, 1.807) is 0 Å². The van der Waals surface area contributed by atoms with Crippen molar-refractivity contribution in [2.75, 3.05) is 11.9 Å². The van der Waals surface area contributed by atoms with E-state index in [0.717, 1.165) is 41.4 Å². The molecule has 1 N–H and O–H groups in total. The van der Waals surface area contributed by atoms with Gasteiger partial charge in [0.1, 0.15) is 5.54 Å². The van der Waals surface area contributed by atoms with E-state index in [1.807, 2.05) is 23.1 Å². The van der Waals surface area contributed by atoms with Crippen LogP contribution in [0.25, 0.3) is 0 Å². The van der Waals surface area contributed by atoms with Gasteiger partial charge in [0.15, 0.2) is 0 Å². The summed E-state index contributed by atoms with van der Waals surface area (Å²) >= 11 is 3.47. The van der Waals surface area contributed by atoms with E-state index in [2.05, 4.69) is 21.2 Å². The Labute approximate surface area is 125 Å². The SMILES string of the molecule is O=C(C1CC1)N1CCCC12C(=O)Nc1ccc(Br)cc12. The Balaban J connectivity index is 1.84. The zero-order valence-corrected chi connectivity index (χ0v) is 12.6. The Morgan fingerprint density at radius 3 is 2.95 bits per heavy atom. The lowest BCUT2D eigenvalue weighted by atomic mass is 9.88. The molecule has 1 spiro atoms. The average Bonchev–Trinajstić information content (AvgIpc) is 3.13. The molecule has 1 saturated heterocycles. The Morgan fingerprint density at radius 2 is 2.20 bits per heavy atom. The summed E-state index contributed by atoms with van der Waals surface area (Å²) in [7, 11) is 0. The van der Waals surface area contributed by atoms with Gasteiger partial charge in [0, 0.05) is 28.2 Å². The molecule has 2 amide bonds. The molecule has 0 aromatic heterocycles. The van der Waals surface area contributed by atoms with Gasteiger partial charge >= 0.3 is 0 Å². The summed E-state index contributed by atoms with van der Waals surface area (Å²) in [6.07, 6.45) is 3.55. The van der Waals surface area contributed by atoms with Gasteiger partial charge in [-0.1, -0.05) is 15.9 Å². The van der Waals surface area contributed by atoms with E-state index in [9.17, 15) is 9.59 Å². The third kappa shape index (κ3) is 1.53. The summed E-state index contributed by atoms with van der Waals surface area (Å²) < 4.78 is 0.942. The summed E-state index contributed by atoms with van der Waals surface area (Å²) in [5.74, 6) is 0.261. The number of carbonyl (C=O) groups excluding carboxylic acids is 2. The third-order valence-corrected chi connectivity index (χ3v) is 5.12. The Hall–Kier alpha value is -1.36. The molecule has 2 heterocycles.